The van der Waals surface area contributed by atoms with Crippen LogP contribution in [0.3, 0.4) is 0 Å². The largest absolute Gasteiger partial charge is 0.476 e. The van der Waals surface area contributed by atoms with Crippen molar-refractivity contribution in [3.8, 4) is 0 Å². The zero-order valence-electron chi connectivity index (χ0n) is 13.2. The zero-order valence-corrected chi connectivity index (χ0v) is 14.1. The first-order chi connectivity index (χ1) is 11.7. The first-order valence-electron chi connectivity index (χ1n) is 7.47. The zero-order chi connectivity index (χ0) is 18.4. The fraction of sp³-hybridized carbons (Fsp3) is 0.333. The second-order valence-electron chi connectivity index (χ2n) is 6.18. The molecule has 0 radical (unpaired) electrons. The van der Waals surface area contributed by atoms with Gasteiger partial charge in [-0.25, -0.2) is 14.3 Å². The number of rotatable bonds is 4. The van der Waals surface area contributed by atoms with Crippen LogP contribution >= 0.6 is 7.14 Å². The van der Waals surface area contributed by atoms with Crippen molar-refractivity contribution in [2.24, 2.45) is 0 Å². The molecule has 10 heteroatoms. The summed E-state index contributed by atoms with van der Waals surface area (Å²) in [6.45, 7) is 1.44. The molecular formula is C15H16N3O6P. The Balaban J connectivity index is 2.25. The van der Waals surface area contributed by atoms with Crippen molar-refractivity contribution in [3.63, 3.8) is 0 Å². The highest BCUT2D eigenvalue weighted by atomic mass is 31.2. The third-order valence-corrected chi connectivity index (χ3v) is 8.05. The van der Waals surface area contributed by atoms with Gasteiger partial charge in [0, 0.05) is 11.5 Å². The van der Waals surface area contributed by atoms with Gasteiger partial charge in [0.15, 0.2) is 5.69 Å². The molecule has 1 saturated heterocycles. The van der Waals surface area contributed by atoms with Crippen LogP contribution < -0.4 is 5.30 Å². The molecule has 1 aliphatic rings. The molecule has 9 nitrogen and oxygen atoms in total. The third kappa shape index (κ3) is 2.65. The molecule has 0 aliphatic carbocycles. The van der Waals surface area contributed by atoms with Crippen LogP contribution in [0.15, 0.2) is 30.3 Å². The summed E-state index contributed by atoms with van der Waals surface area (Å²) in [6, 6.07) is 8.43. The van der Waals surface area contributed by atoms with Crippen molar-refractivity contribution >= 4 is 24.4 Å². The number of hydrogen-bond acceptors (Lipinski definition) is 6. The first-order valence-corrected chi connectivity index (χ1v) is 9.43. The van der Waals surface area contributed by atoms with Gasteiger partial charge in [0.25, 0.3) is 0 Å². The van der Waals surface area contributed by atoms with Crippen molar-refractivity contribution in [1.29, 1.82) is 0 Å². The first kappa shape index (κ1) is 17.3. The van der Waals surface area contributed by atoms with Crippen molar-refractivity contribution in [3.05, 3.63) is 41.7 Å². The maximum atomic E-state index is 13.7. The highest BCUT2D eigenvalue weighted by molar-refractivity contribution is 7.72. The molecular weight excluding hydrogens is 349 g/mol. The molecule has 1 aromatic heterocycles. The summed E-state index contributed by atoms with van der Waals surface area (Å²) in [5, 5.41) is 36.8. The van der Waals surface area contributed by atoms with E-state index in [1.54, 1.807) is 30.3 Å². The molecule has 0 spiro atoms. The molecule has 1 unspecified atom stereocenters. The minimum Gasteiger partial charge on any atom is -0.476 e. The lowest BCUT2D eigenvalue weighted by atomic mass is 10.0. The monoisotopic (exact) mass is 365 g/mol. The molecule has 0 saturated carbocycles. The molecule has 0 bridgehead atoms. The Labute approximate surface area is 142 Å². The minimum absolute atomic E-state index is 0.149. The Bertz CT molecular complexity index is 892. The standard InChI is InChI=1S/C15H16N3O6P/c1-15(23)7-8-25(24,9-5-3-2-4-6-9)14(15)18-11(13(21)22)10(12(19)20)16-17-18/h2-6,14,23H,7-8H2,1H3,(H,19,20)(H,21,22)/t14-,15-,25?/m1/s1. The highest BCUT2D eigenvalue weighted by Crippen LogP contribution is 2.66. The van der Waals surface area contributed by atoms with Crippen molar-refractivity contribution < 1.29 is 29.5 Å². The van der Waals surface area contributed by atoms with Crippen LogP contribution in [-0.2, 0) is 4.57 Å². The summed E-state index contributed by atoms with van der Waals surface area (Å²) in [4.78, 5) is 22.8. The summed E-state index contributed by atoms with van der Waals surface area (Å²) in [7, 11) is -3.31. The summed E-state index contributed by atoms with van der Waals surface area (Å²) < 4.78 is 14.5. The van der Waals surface area contributed by atoms with Crippen LogP contribution in [-0.4, -0.2) is 54.0 Å². The lowest BCUT2D eigenvalue weighted by Crippen LogP contribution is -2.35. The molecule has 1 aromatic carbocycles. The SMILES string of the molecule is C[C@@]1(O)CCP(=O)(c2ccccc2)[C@H]1n1nnc(C(=O)O)c1C(=O)O. The fourth-order valence-electron chi connectivity index (χ4n) is 3.29. The maximum Gasteiger partial charge on any atom is 0.359 e. The van der Waals surface area contributed by atoms with Gasteiger partial charge in [-0.05, 0) is 13.3 Å². The second-order valence-corrected chi connectivity index (χ2v) is 9.22. The molecule has 2 heterocycles. The van der Waals surface area contributed by atoms with Gasteiger partial charge in [-0.3, -0.25) is 0 Å². The normalized spacial score (nSPS) is 28.8. The third-order valence-electron chi connectivity index (χ3n) is 4.43. The van der Waals surface area contributed by atoms with E-state index in [1.807, 2.05) is 0 Å². The van der Waals surface area contributed by atoms with E-state index >= 15 is 0 Å². The summed E-state index contributed by atoms with van der Waals surface area (Å²) in [6.07, 6.45) is 0.307. The van der Waals surface area contributed by atoms with Gasteiger partial charge >= 0.3 is 11.9 Å². The van der Waals surface area contributed by atoms with Crippen LogP contribution in [0.4, 0.5) is 0 Å². The van der Waals surface area contributed by atoms with E-state index in [4.69, 9.17) is 5.11 Å². The van der Waals surface area contributed by atoms with Gasteiger partial charge in [-0.2, -0.15) is 0 Å². The molecule has 1 aliphatic heterocycles. The Morgan fingerprint density at radius 3 is 2.44 bits per heavy atom. The quantitative estimate of drug-likeness (QED) is 0.682. The number of carbonyl (C=O) groups is 2. The van der Waals surface area contributed by atoms with Crippen molar-refractivity contribution in [2.45, 2.75) is 24.7 Å². The van der Waals surface area contributed by atoms with Crippen LogP contribution in [0.25, 0.3) is 0 Å². The van der Waals surface area contributed by atoms with E-state index in [1.165, 1.54) is 6.92 Å². The average Bonchev–Trinajstić information content (AvgIpc) is 3.08. The van der Waals surface area contributed by atoms with E-state index in [2.05, 4.69) is 10.3 Å². The lowest BCUT2D eigenvalue weighted by molar-refractivity contribution is 0.0348. The van der Waals surface area contributed by atoms with Gasteiger partial charge < -0.3 is 19.9 Å². The number of hydrogen-bond donors (Lipinski definition) is 3. The van der Waals surface area contributed by atoms with E-state index < -0.39 is 41.9 Å². The van der Waals surface area contributed by atoms with E-state index in [-0.39, 0.29) is 12.6 Å². The molecule has 132 valence electrons. The predicted molar refractivity (Wildman–Crippen MR) is 86.8 cm³/mol. The van der Waals surface area contributed by atoms with Gasteiger partial charge in [-0.1, -0.05) is 35.5 Å². The maximum absolute atomic E-state index is 13.7. The van der Waals surface area contributed by atoms with Crippen LogP contribution in [0.5, 0.6) is 0 Å². The topological polar surface area (TPSA) is 143 Å². The number of benzene rings is 1. The Morgan fingerprint density at radius 2 is 1.88 bits per heavy atom. The van der Waals surface area contributed by atoms with Gasteiger partial charge in [0.2, 0.25) is 5.69 Å². The smallest absolute Gasteiger partial charge is 0.359 e. The molecule has 3 N–H and O–H groups in total. The number of aromatic carboxylic acids is 2. The van der Waals surface area contributed by atoms with Crippen LogP contribution in [0.2, 0.25) is 0 Å². The molecule has 2 aromatic rings. The molecule has 25 heavy (non-hydrogen) atoms. The highest BCUT2D eigenvalue weighted by Gasteiger charge is 2.55. The predicted octanol–water partition coefficient (Wildman–Crippen LogP) is 1.02. The Hall–Kier alpha value is -2.51. The average molecular weight is 365 g/mol. The lowest BCUT2D eigenvalue weighted by Gasteiger charge is -2.30. The van der Waals surface area contributed by atoms with Gasteiger partial charge in [-0.15, -0.1) is 5.10 Å². The van der Waals surface area contributed by atoms with Gasteiger partial charge in [0.1, 0.15) is 12.9 Å². The molecule has 3 rings (SSSR count). The number of carboxylic acid groups (broad SMARTS) is 2. The molecule has 3 atom stereocenters. The summed E-state index contributed by atoms with van der Waals surface area (Å²) in [5.74, 6) is -4.34. The number of carboxylic acids is 2. The Morgan fingerprint density at radius 1 is 1.24 bits per heavy atom. The minimum atomic E-state index is -3.31. The second kappa shape index (κ2) is 5.79. The summed E-state index contributed by atoms with van der Waals surface area (Å²) in [5.41, 5.74) is -2.98. The van der Waals surface area contributed by atoms with Crippen molar-refractivity contribution in [2.75, 3.05) is 6.16 Å². The van der Waals surface area contributed by atoms with Crippen LogP contribution in [0, 0.1) is 0 Å². The number of aliphatic hydroxyl groups is 1. The van der Waals surface area contributed by atoms with E-state index in [9.17, 15) is 24.4 Å². The van der Waals surface area contributed by atoms with E-state index in [0.717, 1.165) is 4.68 Å². The van der Waals surface area contributed by atoms with Gasteiger partial charge in [0.05, 0.1) is 5.60 Å². The molecule has 1 fully saturated rings. The fourth-order valence-corrected chi connectivity index (χ4v) is 7.08. The molecule has 0 amide bonds. The number of aromatic nitrogens is 3. The summed E-state index contributed by atoms with van der Waals surface area (Å²) >= 11 is 0. The van der Waals surface area contributed by atoms with E-state index in [0.29, 0.717) is 5.30 Å². The van der Waals surface area contributed by atoms with Crippen molar-refractivity contribution in [1.82, 2.24) is 15.0 Å². The van der Waals surface area contributed by atoms with Crippen LogP contribution in [0.1, 0.15) is 40.1 Å². The number of nitrogens with zero attached hydrogens (tertiary/aromatic N) is 3. The Kier molecular flexibility index (Phi) is 4.01.